The lowest BCUT2D eigenvalue weighted by Crippen LogP contribution is -2.50. The van der Waals surface area contributed by atoms with Crippen LogP contribution in [0, 0.1) is 0 Å². The van der Waals surface area contributed by atoms with E-state index in [2.05, 4.69) is 10.2 Å². The lowest BCUT2D eigenvalue weighted by atomic mass is 9.97. The Bertz CT molecular complexity index is 1250. The number of rotatable bonds is 8. The number of anilines is 1. The normalized spacial score (nSPS) is 16.1. The van der Waals surface area contributed by atoms with Crippen molar-refractivity contribution in [1.29, 1.82) is 0 Å². The van der Waals surface area contributed by atoms with Crippen molar-refractivity contribution in [3.8, 4) is 0 Å². The van der Waals surface area contributed by atoms with Crippen LogP contribution in [-0.4, -0.2) is 84.6 Å². The third-order valence-electron chi connectivity index (χ3n) is 7.15. The Morgan fingerprint density at radius 2 is 1.68 bits per heavy atom. The molecule has 1 N–H and O–H groups in total. The number of nitrogens with one attached hydrogen (secondary N) is 1. The fourth-order valence-electron chi connectivity index (χ4n) is 4.90. The Hall–Kier alpha value is -4.08. The van der Waals surface area contributed by atoms with E-state index < -0.39 is 23.5 Å². The summed E-state index contributed by atoms with van der Waals surface area (Å²) in [6, 6.07) is 14.4. The highest BCUT2D eigenvalue weighted by atomic mass is 16.6. The van der Waals surface area contributed by atoms with Gasteiger partial charge in [-0.25, -0.2) is 9.59 Å². The number of nitrogens with zero attached hydrogens (tertiary/aromatic N) is 3. The molecule has 2 aromatic carbocycles. The zero-order chi connectivity index (χ0) is 29.6. The van der Waals surface area contributed by atoms with E-state index >= 15 is 0 Å². The number of carbonyl (C=O) groups excluding carboxylic acids is 4. The summed E-state index contributed by atoms with van der Waals surface area (Å²) in [5, 5.41) is 2.73. The maximum atomic E-state index is 13.4. The number of esters is 1. The van der Waals surface area contributed by atoms with E-state index in [-0.39, 0.29) is 25.2 Å². The quantitative estimate of drug-likeness (QED) is 0.490. The minimum Gasteiger partial charge on any atom is -0.459 e. The third kappa shape index (κ3) is 7.99. The zero-order valence-corrected chi connectivity index (χ0v) is 24.4. The van der Waals surface area contributed by atoms with Gasteiger partial charge in [0.2, 0.25) is 5.91 Å². The van der Waals surface area contributed by atoms with Crippen LogP contribution < -0.4 is 10.2 Å². The Morgan fingerprint density at radius 1 is 0.976 bits per heavy atom. The first-order chi connectivity index (χ1) is 19.5. The van der Waals surface area contributed by atoms with E-state index in [1.165, 1.54) is 4.90 Å². The predicted octanol–water partition coefficient (Wildman–Crippen LogP) is 3.38. The molecule has 2 aliphatic rings. The van der Waals surface area contributed by atoms with Gasteiger partial charge in [-0.1, -0.05) is 43.3 Å². The molecule has 0 spiro atoms. The maximum absolute atomic E-state index is 13.4. The number of hydrogen-bond donors (Lipinski definition) is 1. The van der Waals surface area contributed by atoms with Crippen LogP contribution >= 0.6 is 0 Å². The molecule has 0 saturated carbocycles. The minimum atomic E-state index is -0.788. The summed E-state index contributed by atoms with van der Waals surface area (Å²) in [6.07, 6.45) is 0.694. The fraction of sp³-hybridized carbons (Fsp3) is 0.484. The number of fused-ring (bicyclic) bond motifs is 1. The van der Waals surface area contributed by atoms with Crippen LogP contribution in [0.3, 0.4) is 0 Å². The van der Waals surface area contributed by atoms with E-state index in [1.807, 2.05) is 69.3 Å². The van der Waals surface area contributed by atoms with Crippen LogP contribution in [0.15, 0.2) is 48.5 Å². The van der Waals surface area contributed by atoms with Gasteiger partial charge in [-0.3, -0.25) is 9.59 Å². The standard InChI is InChI=1S/C31H40N4O6/c1-5-26(29(38)40-21-22-9-7-6-8-10-22)32-27(36)20-35-14-13-23-11-12-24(19-25(23)28(35)37)33-15-17-34(18-16-33)30(39)41-31(2,3)4/h6-12,19,26H,5,13-18,20-21H2,1-4H3,(H,32,36)/t26-/m0/s1. The van der Waals surface area contributed by atoms with Gasteiger partial charge in [0, 0.05) is 44.0 Å². The first-order valence-corrected chi connectivity index (χ1v) is 14.2. The number of piperazine rings is 1. The van der Waals surface area contributed by atoms with Gasteiger partial charge in [-0.2, -0.15) is 0 Å². The van der Waals surface area contributed by atoms with Crippen molar-refractivity contribution in [2.45, 2.75) is 58.8 Å². The van der Waals surface area contributed by atoms with Crippen molar-refractivity contribution in [3.05, 3.63) is 65.2 Å². The van der Waals surface area contributed by atoms with Crippen molar-refractivity contribution >= 4 is 29.6 Å². The van der Waals surface area contributed by atoms with Crippen LogP contribution in [0.5, 0.6) is 0 Å². The molecule has 41 heavy (non-hydrogen) atoms. The molecule has 2 aromatic rings. The number of benzene rings is 2. The van der Waals surface area contributed by atoms with Gasteiger partial charge in [0.15, 0.2) is 0 Å². The summed E-state index contributed by atoms with van der Waals surface area (Å²) in [7, 11) is 0. The van der Waals surface area contributed by atoms with Crippen LogP contribution in [0.25, 0.3) is 0 Å². The zero-order valence-electron chi connectivity index (χ0n) is 24.4. The molecule has 0 unspecified atom stereocenters. The van der Waals surface area contributed by atoms with Crippen molar-refractivity contribution < 1.29 is 28.7 Å². The SMILES string of the molecule is CC[C@H](NC(=O)CN1CCc2ccc(N3CCN(C(=O)OC(C)(C)C)CC3)cc2C1=O)C(=O)OCc1ccccc1. The van der Waals surface area contributed by atoms with E-state index in [0.717, 1.165) is 16.8 Å². The number of ether oxygens (including phenoxy) is 2. The van der Waals surface area contributed by atoms with Gasteiger partial charge in [0.25, 0.3) is 5.91 Å². The van der Waals surface area contributed by atoms with E-state index in [9.17, 15) is 19.2 Å². The van der Waals surface area contributed by atoms with Crippen molar-refractivity contribution in [2.75, 3.05) is 44.2 Å². The highest BCUT2D eigenvalue weighted by Crippen LogP contribution is 2.26. The first kappa shape index (κ1) is 29.9. The van der Waals surface area contributed by atoms with Crippen molar-refractivity contribution in [1.82, 2.24) is 15.1 Å². The summed E-state index contributed by atoms with van der Waals surface area (Å²) in [6.45, 7) is 10.1. The first-order valence-electron chi connectivity index (χ1n) is 14.2. The van der Waals surface area contributed by atoms with E-state index in [4.69, 9.17) is 9.47 Å². The molecular weight excluding hydrogens is 524 g/mol. The lowest BCUT2D eigenvalue weighted by molar-refractivity contribution is -0.149. The molecule has 10 nitrogen and oxygen atoms in total. The molecule has 10 heteroatoms. The topological polar surface area (TPSA) is 108 Å². The summed E-state index contributed by atoms with van der Waals surface area (Å²) in [4.78, 5) is 56.5. The van der Waals surface area contributed by atoms with Crippen molar-refractivity contribution in [3.63, 3.8) is 0 Å². The Morgan fingerprint density at radius 3 is 2.34 bits per heavy atom. The molecule has 1 fully saturated rings. The number of carbonyl (C=O) groups is 4. The number of hydrogen-bond acceptors (Lipinski definition) is 7. The predicted molar refractivity (Wildman–Crippen MR) is 155 cm³/mol. The highest BCUT2D eigenvalue weighted by Gasteiger charge is 2.30. The third-order valence-corrected chi connectivity index (χ3v) is 7.15. The molecule has 0 radical (unpaired) electrons. The largest absolute Gasteiger partial charge is 0.459 e. The second-order valence-corrected chi connectivity index (χ2v) is 11.4. The molecule has 0 bridgehead atoms. The van der Waals surface area contributed by atoms with E-state index in [1.54, 1.807) is 11.8 Å². The van der Waals surface area contributed by atoms with Gasteiger partial charge < -0.3 is 29.5 Å². The molecule has 0 aliphatic carbocycles. The molecule has 2 aliphatic heterocycles. The minimum absolute atomic E-state index is 0.131. The average Bonchev–Trinajstić information content (AvgIpc) is 2.95. The second-order valence-electron chi connectivity index (χ2n) is 11.4. The average molecular weight is 565 g/mol. The van der Waals surface area contributed by atoms with Crippen LogP contribution in [0.4, 0.5) is 10.5 Å². The Kier molecular flexibility index (Phi) is 9.52. The van der Waals surface area contributed by atoms with Gasteiger partial charge in [-0.05, 0) is 56.9 Å². The Labute approximate surface area is 241 Å². The monoisotopic (exact) mass is 564 g/mol. The van der Waals surface area contributed by atoms with Crippen LogP contribution in [0.1, 0.15) is 55.6 Å². The molecule has 0 aromatic heterocycles. The van der Waals surface area contributed by atoms with Gasteiger partial charge >= 0.3 is 12.1 Å². The van der Waals surface area contributed by atoms with Gasteiger partial charge in [0.1, 0.15) is 18.2 Å². The highest BCUT2D eigenvalue weighted by molar-refractivity contribution is 6.00. The summed E-state index contributed by atoms with van der Waals surface area (Å²) >= 11 is 0. The van der Waals surface area contributed by atoms with Gasteiger partial charge in [0.05, 0.1) is 6.54 Å². The van der Waals surface area contributed by atoms with Crippen molar-refractivity contribution in [2.24, 2.45) is 0 Å². The molecule has 220 valence electrons. The van der Waals surface area contributed by atoms with Crippen LogP contribution in [0.2, 0.25) is 0 Å². The molecule has 2 heterocycles. The summed E-state index contributed by atoms with van der Waals surface area (Å²) < 4.78 is 10.9. The smallest absolute Gasteiger partial charge is 0.410 e. The Balaban J connectivity index is 1.31. The second kappa shape index (κ2) is 13.1. The molecular formula is C31H40N4O6. The molecule has 3 amide bonds. The molecule has 1 saturated heterocycles. The fourth-order valence-corrected chi connectivity index (χ4v) is 4.90. The van der Waals surface area contributed by atoms with E-state index in [0.29, 0.717) is 51.1 Å². The molecule has 4 rings (SSSR count). The molecule has 1 atom stereocenters. The van der Waals surface area contributed by atoms with Crippen LogP contribution in [-0.2, 0) is 32.1 Å². The summed E-state index contributed by atoms with van der Waals surface area (Å²) in [5.74, 6) is -1.12. The maximum Gasteiger partial charge on any atom is 0.410 e. The van der Waals surface area contributed by atoms with Gasteiger partial charge in [-0.15, -0.1) is 0 Å². The summed E-state index contributed by atoms with van der Waals surface area (Å²) in [5.41, 5.74) is 2.74. The number of amides is 3. The lowest BCUT2D eigenvalue weighted by Gasteiger charge is -2.37.